The number of rotatable bonds is 7. The van der Waals surface area contributed by atoms with Gasteiger partial charge in [0, 0.05) is 31.9 Å². The number of carbonyl (C=O) groups is 1. The van der Waals surface area contributed by atoms with Gasteiger partial charge in [-0.1, -0.05) is 37.5 Å². The molecule has 0 unspecified atom stereocenters. The number of aromatic nitrogens is 1. The Hall–Kier alpha value is -2.76. The van der Waals surface area contributed by atoms with Crippen LogP contribution in [0.2, 0.25) is 0 Å². The van der Waals surface area contributed by atoms with E-state index in [2.05, 4.69) is 10.3 Å². The Morgan fingerprint density at radius 3 is 2.57 bits per heavy atom. The van der Waals surface area contributed by atoms with E-state index in [1.807, 2.05) is 49.2 Å². The van der Waals surface area contributed by atoms with E-state index in [4.69, 9.17) is 9.47 Å². The van der Waals surface area contributed by atoms with Gasteiger partial charge < -0.3 is 19.7 Å². The number of para-hydroxylation sites is 2. The molecule has 0 spiro atoms. The highest BCUT2D eigenvalue weighted by Gasteiger charge is 2.21. The van der Waals surface area contributed by atoms with Gasteiger partial charge >= 0.3 is 6.03 Å². The summed E-state index contributed by atoms with van der Waals surface area (Å²) in [6.07, 6.45) is 7.61. The molecule has 150 valence electrons. The largest absolute Gasteiger partial charge is 0.490 e. The standard InChI is InChI=1S/C22H29N3O3/c1-3-27-19-11-7-8-12-20(19)28-21-14-13-17(15-23-21)16-24-22(26)25(2)18-9-5-4-6-10-18/h7-8,11-15,18H,3-6,9-10,16H2,1-2H3,(H,24,26). The highest BCUT2D eigenvalue weighted by Crippen LogP contribution is 2.30. The van der Waals surface area contributed by atoms with Gasteiger partial charge in [-0.2, -0.15) is 0 Å². The number of urea groups is 1. The molecule has 28 heavy (non-hydrogen) atoms. The fraction of sp³-hybridized carbons (Fsp3) is 0.455. The maximum absolute atomic E-state index is 12.4. The Morgan fingerprint density at radius 2 is 1.89 bits per heavy atom. The summed E-state index contributed by atoms with van der Waals surface area (Å²) in [7, 11) is 1.89. The highest BCUT2D eigenvalue weighted by atomic mass is 16.5. The van der Waals surface area contributed by atoms with Crippen LogP contribution in [0.3, 0.4) is 0 Å². The molecule has 2 aromatic rings. The molecule has 1 aromatic carbocycles. The predicted octanol–water partition coefficient (Wildman–Crippen LogP) is 4.75. The van der Waals surface area contributed by atoms with Crippen molar-refractivity contribution in [2.75, 3.05) is 13.7 Å². The Morgan fingerprint density at radius 1 is 1.14 bits per heavy atom. The number of carbonyl (C=O) groups excluding carboxylic acids is 1. The van der Waals surface area contributed by atoms with Crippen molar-refractivity contribution in [2.45, 2.75) is 51.6 Å². The minimum Gasteiger partial charge on any atom is -0.490 e. The lowest BCUT2D eigenvalue weighted by molar-refractivity contribution is 0.173. The van der Waals surface area contributed by atoms with E-state index in [1.54, 1.807) is 12.3 Å². The van der Waals surface area contributed by atoms with Crippen LogP contribution < -0.4 is 14.8 Å². The van der Waals surface area contributed by atoms with Gasteiger partial charge in [-0.15, -0.1) is 0 Å². The summed E-state index contributed by atoms with van der Waals surface area (Å²) in [5.74, 6) is 1.81. The summed E-state index contributed by atoms with van der Waals surface area (Å²) >= 11 is 0. The first-order chi connectivity index (χ1) is 13.7. The second-order valence-electron chi connectivity index (χ2n) is 7.05. The van der Waals surface area contributed by atoms with Crippen LogP contribution in [0.15, 0.2) is 42.6 Å². The Bertz CT molecular complexity index is 758. The number of nitrogens with zero attached hydrogens (tertiary/aromatic N) is 2. The van der Waals surface area contributed by atoms with Crippen LogP contribution in [0.5, 0.6) is 17.4 Å². The van der Waals surface area contributed by atoms with Crippen LogP contribution in [0.4, 0.5) is 4.79 Å². The van der Waals surface area contributed by atoms with E-state index in [0.29, 0.717) is 36.6 Å². The fourth-order valence-electron chi connectivity index (χ4n) is 3.43. The Labute approximate surface area is 166 Å². The first-order valence-corrected chi connectivity index (χ1v) is 10.0. The van der Waals surface area contributed by atoms with Gasteiger partial charge in [0.2, 0.25) is 5.88 Å². The highest BCUT2D eigenvalue weighted by molar-refractivity contribution is 5.74. The Kier molecular flexibility index (Phi) is 7.12. The second kappa shape index (κ2) is 9.97. The number of nitrogens with one attached hydrogen (secondary N) is 1. The van der Waals surface area contributed by atoms with Crippen molar-refractivity contribution in [3.05, 3.63) is 48.2 Å². The molecule has 3 rings (SSSR count). The van der Waals surface area contributed by atoms with E-state index in [0.717, 1.165) is 18.4 Å². The van der Waals surface area contributed by atoms with E-state index in [-0.39, 0.29) is 6.03 Å². The zero-order valence-electron chi connectivity index (χ0n) is 16.7. The molecule has 0 radical (unpaired) electrons. The van der Waals surface area contributed by atoms with Crippen molar-refractivity contribution >= 4 is 6.03 Å². The number of hydrogen-bond donors (Lipinski definition) is 1. The molecule has 1 fully saturated rings. The van der Waals surface area contributed by atoms with Crippen molar-refractivity contribution < 1.29 is 14.3 Å². The minimum absolute atomic E-state index is 0.0298. The van der Waals surface area contributed by atoms with Gasteiger partial charge in [-0.05, 0) is 37.5 Å². The molecule has 0 bridgehead atoms. The zero-order valence-corrected chi connectivity index (χ0v) is 16.7. The third kappa shape index (κ3) is 5.38. The SMILES string of the molecule is CCOc1ccccc1Oc1ccc(CNC(=O)N(C)C2CCCCC2)cn1. The van der Waals surface area contributed by atoms with Gasteiger partial charge in [0.1, 0.15) is 0 Å². The van der Waals surface area contributed by atoms with Gasteiger partial charge in [-0.3, -0.25) is 0 Å². The maximum Gasteiger partial charge on any atom is 0.317 e. The van der Waals surface area contributed by atoms with Gasteiger partial charge in [0.25, 0.3) is 0 Å². The molecule has 0 aliphatic heterocycles. The molecule has 1 saturated carbocycles. The molecule has 1 heterocycles. The molecular weight excluding hydrogens is 354 g/mol. The quantitative estimate of drug-likeness (QED) is 0.750. The number of benzene rings is 1. The monoisotopic (exact) mass is 383 g/mol. The predicted molar refractivity (Wildman–Crippen MR) is 109 cm³/mol. The molecule has 6 heteroatoms. The van der Waals surface area contributed by atoms with Crippen molar-refractivity contribution in [2.24, 2.45) is 0 Å². The molecule has 2 amide bonds. The summed E-state index contributed by atoms with van der Waals surface area (Å²) in [6.45, 7) is 2.95. The molecule has 1 aromatic heterocycles. The normalized spacial score (nSPS) is 14.4. The van der Waals surface area contributed by atoms with Gasteiger partial charge in [0.15, 0.2) is 11.5 Å². The summed E-state index contributed by atoms with van der Waals surface area (Å²) in [6, 6.07) is 11.5. The maximum atomic E-state index is 12.4. The van der Waals surface area contributed by atoms with E-state index < -0.39 is 0 Å². The van der Waals surface area contributed by atoms with Crippen LogP contribution in [0.1, 0.15) is 44.6 Å². The fourth-order valence-corrected chi connectivity index (χ4v) is 3.43. The summed E-state index contributed by atoms with van der Waals surface area (Å²) in [5.41, 5.74) is 0.927. The molecular formula is C22H29N3O3. The lowest BCUT2D eigenvalue weighted by atomic mass is 9.95. The molecule has 6 nitrogen and oxygen atoms in total. The smallest absolute Gasteiger partial charge is 0.317 e. The number of ether oxygens (including phenoxy) is 2. The van der Waals surface area contributed by atoms with Gasteiger partial charge in [0.05, 0.1) is 6.61 Å². The van der Waals surface area contributed by atoms with Gasteiger partial charge in [-0.25, -0.2) is 9.78 Å². The first kappa shape index (κ1) is 20.0. The van der Waals surface area contributed by atoms with Crippen LogP contribution in [0.25, 0.3) is 0 Å². The third-order valence-corrected chi connectivity index (χ3v) is 5.05. The molecule has 1 N–H and O–H groups in total. The topological polar surface area (TPSA) is 63.7 Å². The second-order valence-corrected chi connectivity index (χ2v) is 7.05. The van der Waals surface area contributed by atoms with E-state index in [1.165, 1.54) is 19.3 Å². The lowest BCUT2D eigenvalue weighted by Crippen LogP contribution is -2.44. The summed E-state index contributed by atoms with van der Waals surface area (Å²) in [5, 5.41) is 2.98. The van der Waals surface area contributed by atoms with Crippen molar-refractivity contribution in [1.29, 1.82) is 0 Å². The molecule has 1 aliphatic carbocycles. The first-order valence-electron chi connectivity index (χ1n) is 10.0. The van der Waals surface area contributed by atoms with E-state index >= 15 is 0 Å². The Balaban J connectivity index is 1.52. The van der Waals surface area contributed by atoms with Crippen molar-refractivity contribution in [1.82, 2.24) is 15.2 Å². The summed E-state index contributed by atoms with van der Waals surface area (Å²) < 4.78 is 11.4. The molecule has 0 saturated heterocycles. The van der Waals surface area contributed by atoms with Crippen molar-refractivity contribution in [3.8, 4) is 17.4 Å². The lowest BCUT2D eigenvalue weighted by Gasteiger charge is -2.31. The summed E-state index contributed by atoms with van der Waals surface area (Å²) in [4.78, 5) is 18.6. The van der Waals surface area contributed by atoms with Crippen LogP contribution in [0, 0.1) is 0 Å². The number of hydrogen-bond acceptors (Lipinski definition) is 4. The minimum atomic E-state index is -0.0298. The van der Waals surface area contributed by atoms with Crippen molar-refractivity contribution in [3.63, 3.8) is 0 Å². The van der Waals surface area contributed by atoms with Crippen LogP contribution in [-0.4, -0.2) is 35.6 Å². The van der Waals surface area contributed by atoms with Crippen LogP contribution >= 0.6 is 0 Å². The molecule has 1 aliphatic rings. The zero-order chi connectivity index (χ0) is 19.8. The average molecular weight is 383 g/mol. The molecule has 0 atom stereocenters. The van der Waals surface area contributed by atoms with Crippen LogP contribution in [-0.2, 0) is 6.54 Å². The third-order valence-electron chi connectivity index (χ3n) is 5.05. The number of pyridine rings is 1. The van der Waals surface area contributed by atoms with E-state index in [9.17, 15) is 4.79 Å². The average Bonchev–Trinajstić information content (AvgIpc) is 2.74. The number of amides is 2.